The molecule has 0 amide bonds. The van der Waals surface area contributed by atoms with Crippen LogP contribution in [0.1, 0.15) is 182 Å². The number of para-hydroxylation sites is 3. The molecule has 384 valence electrons. The summed E-state index contributed by atoms with van der Waals surface area (Å²) in [6, 6.07) is 56.4. The SMILES string of the molecule is CC(C)c1ccc(CCC2c3ccc(C(C)C)cc3B3c4sc5c(c4N(c4ccc6c(c4)C(C)(C)CCC6(C)C)c4cc(N(c6ccccc6)c6cccc7c6oc6ccccc67)cc2c43)C(C)(C)CCC5(C)C)cc1. The second kappa shape index (κ2) is 17.6. The van der Waals surface area contributed by atoms with E-state index in [-0.39, 0.29) is 34.3 Å². The number of hydrogen-bond acceptors (Lipinski definition) is 4. The van der Waals surface area contributed by atoms with Crippen molar-refractivity contribution in [3.05, 3.63) is 195 Å². The number of furan rings is 1. The van der Waals surface area contributed by atoms with Crippen LogP contribution in [0.3, 0.4) is 0 Å². The zero-order valence-electron chi connectivity index (χ0n) is 47.1. The first kappa shape index (κ1) is 49.3. The number of benzene rings is 7. The van der Waals surface area contributed by atoms with E-state index >= 15 is 0 Å². The molecule has 1 unspecified atom stereocenters. The summed E-state index contributed by atoms with van der Waals surface area (Å²) < 4.78 is 8.50. The molecule has 13 rings (SSSR count). The summed E-state index contributed by atoms with van der Waals surface area (Å²) in [5, 5.41) is 2.27. The van der Waals surface area contributed by atoms with Gasteiger partial charge in [-0.25, -0.2) is 0 Å². The summed E-state index contributed by atoms with van der Waals surface area (Å²) in [6.07, 6.45) is 6.66. The molecule has 2 aliphatic carbocycles. The maximum Gasteiger partial charge on any atom is 0.260 e. The fraction of sp³-hybridized carbons (Fsp3) is 0.352. The van der Waals surface area contributed by atoms with Crippen molar-refractivity contribution in [3.63, 3.8) is 0 Å². The summed E-state index contributed by atoms with van der Waals surface area (Å²) >= 11 is 2.15. The van der Waals surface area contributed by atoms with Crippen LogP contribution in [0.5, 0.6) is 0 Å². The highest BCUT2D eigenvalue weighted by Crippen LogP contribution is 2.58. The zero-order chi connectivity index (χ0) is 52.8. The van der Waals surface area contributed by atoms with E-state index in [9.17, 15) is 0 Å². The number of hydrogen-bond donors (Lipinski definition) is 0. The van der Waals surface area contributed by atoms with Crippen LogP contribution in [-0.4, -0.2) is 6.71 Å². The van der Waals surface area contributed by atoms with E-state index in [4.69, 9.17) is 4.42 Å². The van der Waals surface area contributed by atoms with E-state index in [0.717, 1.165) is 58.3 Å². The fourth-order valence-corrected chi connectivity index (χ4v) is 15.9. The number of thiophene rings is 1. The first-order valence-corrected chi connectivity index (χ1v) is 29.4. The summed E-state index contributed by atoms with van der Waals surface area (Å²) in [5.74, 6) is 1.06. The van der Waals surface area contributed by atoms with Gasteiger partial charge in [-0.05, 0) is 171 Å². The van der Waals surface area contributed by atoms with E-state index in [2.05, 4.69) is 250 Å². The molecule has 7 aromatic carbocycles. The highest BCUT2D eigenvalue weighted by molar-refractivity contribution is 7.29. The van der Waals surface area contributed by atoms with Crippen LogP contribution in [0.25, 0.3) is 21.9 Å². The van der Waals surface area contributed by atoms with Gasteiger partial charge in [0.1, 0.15) is 5.58 Å². The van der Waals surface area contributed by atoms with Gasteiger partial charge in [-0.3, -0.25) is 0 Å². The quantitative estimate of drug-likeness (QED) is 0.134. The minimum Gasteiger partial charge on any atom is -0.454 e. The van der Waals surface area contributed by atoms with Crippen molar-refractivity contribution in [2.24, 2.45) is 0 Å². The third kappa shape index (κ3) is 7.71. The highest BCUT2D eigenvalue weighted by atomic mass is 32.1. The second-order valence-electron chi connectivity index (χ2n) is 26.5. The largest absolute Gasteiger partial charge is 0.454 e. The number of rotatable bonds is 9. The van der Waals surface area contributed by atoms with Crippen LogP contribution in [0.15, 0.2) is 150 Å². The fourth-order valence-electron chi connectivity index (χ4n) is 14.2. The molecule has 0 bridgehead atoms. The molecule has 9 aromatic rings. The van der Waals surface area contributed by atoms with Gasteiger partial charge in [0.05, 0.1) is 11.4 Å². The van der Waals surface area contributed by atoms with E-state index in [1.54, 1.807) is 10.4 Å². The molecule has 2 aromatic heterocycles. The molecular formula is C71H75BN2OS. The van der Waals surface area contributed by atoms with E-state index < -0.39 is 0 Å². The van der Waals surface area contributed by atoms with E-state index in [1.807, 2.05) is 0 Å². The lowest BCUT2D eigenvalue weighted by molar-refractivity contribution is 0.332. The van der Waals surface area contributed by atoms with Gasteiger partial charge in [0, 0.05) is 49.1 Å². The molecular weight excluding hydrogens is 940 g/mol. The minimum atomic E-state index is -0.0292. The van der Waals surface area contributed by atoms with E-state index in [0.29, 0.717) is 11.8 Å². The molecule has 0 radical (unpaired) electrons. The van der Waals surface area contributed by atoms with Crippen LogP contribution in [0.4, 0.5) is 34.1 Å². The maximum atomic E-state index is 6.98. The van der Waals surface area contributed by atoms with Crippen LogP contribution in [0.2, 0.25) is 0 Å². The molecule has 5 heteroatoms. The summed E-state index contributed by atoms with van der Waals surface area (Å²) in [7, 11) is 0. The molecule has 1 atom stereocenters. The molecule has 0 N–H and O–H groups in total. The molecule has 4 heterocycles. The third-order valence-corrected chi connectivity index (χ3v) is 20.6. The van der Waals surface area contributed by atoms with Crippen molar-refractivity contribution in [2.75, 3.05) is 9.80 Å². The smallest absolute Gasteiger partial charge is 0.260 e. The molecule has 0 fully saturated rings. The van der Waals surface area contributed by atoms with Crippen molar-refractivity contribution < 1.29 is 4.42 Å². The van der Waals surface area contributed by atoms with Gasteiger partial charge in [-0.1, -0.05) is 186 Å². The monoisotopic (exact) mass is 1010 g/mol. The van der Waals surface area contributed by atoms with Crippen molar-refractivity contribution in [3.8, 4) is 0 Å². The van der Waals surface area contributed by atoms with Gasteiger partial charge >= 0.3 is 0 Å². The number of aryl methyl sites for hydroxylation is 1. The lowest BCUT2D eigenvalue weighted by Gasteiger charge is -2.46. The Hall–Kier alpha value is -6.30. The Morgan fingerprint density at radius 2 is 1.28 bits per heavy atom. The molecule has 76 heavy (non-hydrogen) atoms. The molecule has 4 aliphatic rings. The first-order valence-electron chi connectivity index (χ1n) is 28.6. The van der Waals surface area contributed by atoms with Gasteiger partial charge in [0.2, 0.25) is 0 Å². The Bertz CT molecular complexity index is 3750. The zero-order valence-corrected chi connectivity index (χ0v) is 47.9. The lowest BCUT2D eigenvalue weighted by Crippen LogP contribution is -2.61. The molecule has 2 aliphatic heterocycles. The van der Waals surface area contributed by atoms with Gasteiger partial charge in [0.25, 0.3) is 6.71 Å². The van der Waals surface area contributed by atoms with Crippen molar-refractivity contribution in [1.82, 2.24) is 0 Å². The van der Waals surface area contributed by atoms with Crippen molar-refractivity contribution in [1.29, 1.82) is 0 Å². The number of nitrogens with zero attached hydrogens (tertiary/aromatic N) is 2. The van der Waals surface area contributed by atoms with Crippen molar-refractivity contribution >= 4 is 89.8 Å². The van der Waals surface area contributed by atoms with Crippen LogP contribution < -0.4 is 25.5 Å². The minimum absolute atomic E-state index is 0.0292. The standard InChI is InChI=1S/C71H75BN2OS/c1-43(2)46-28-25-45(26-29-46)27-32-51-52-33-30-47(44(3)4)39-58(52)72-63-55(51)40-50(73(48-19-14-13-15-20-48)59-23-18-22-54-53-21-16-17-24-61(53)75-65(54)59)42-60(63)74(49-31-34-56-57(41-49)69(7,8)36-35-68(56,5)6)64-62-66(76-67(64)72)71(11,12)38-37-70(62,9)10/h13-26,28-31,33-34,39-44,51H,27,32,35-38H2,1-12H3. The average molecular weight is 1020 g/mol. The van der Waals surface area contributed by atoms with Crippen LogP contribution in [0, 0.1) is 0 Å². The Morgan fingerprint density at radius 3 is 2.03 bits per heavy atom. The van der Waals surface area contributed by atoms with Crippen LogP contribution in [-0.2, 0) is 28.1 Å². The predicted molar refractivity (Wildman–Crippen MR) is 327 cm³/mol. The number of fused-ring (bicyclic) bond motifs is 10. The maximum absolute atomic E-state index is 6.98. The Balaban J connectivity index is 1.15. The summed E-state index contributed by atoms with van der Waals surface area (Å²) in [4.78, 5) is 6.90. The Labute approximate surface area is 457 Å². The predicted octanol–water partition coefficient (Wildman–Crippen LogP) is 18.4. The normalized spacial score (nSPS) is 18.4. The second-order valence-corrected chi connectivity index (χ2v) is 27.5. The lowest BCUT2D eigenvalue weighted by atomic mass is 9.33. The van der Waals surface area contributed by atoms with Crippen LogP contribution >= 0.6 is 11.3 Å². The van der Waals surface area contributed by atoms with E-state index in [1.165, 1.54) is 91.0 Å². The third-order valence-electron chi connectivity index (χ3n) is 19.0. The summed E-state index contributed by atoms with van der Waals surface area (Å²) in [6.45, 7) is 29.5. The summed E-state index contributed by atoms with van der Waals surface area (Å²) in [5.41, 5.74) is 23.9. The average Bonchev–Trinajstić information content (AvgIpc) is 4.13. The molecule has 3 nitrogen and oxygen atoms in total. The molecule has 0 saturated heterocycles. The van der Waals surface area contributed by atoms with Crippen molar-refractivity contribution in [2.45, 2.75) is 161 Å². The van der Waals surface area contributed by atoms with Gasteiger partial charge < -0.3 is 14.2 Å². The molecule has 0 spiro atoms. The van der Waals surface area contributed by atoms with Gasteiger partial charge in [-0.15, -0.1) is 0 Å². The Morgan fingerprint density at radius 1 is 0.605 bits per heavy atom. The highest BCUT2D eigenvalue weighted by Gasteiger charge is 2.51. The molecule has 0 saturated carbocycles. The number of anilines is 6. The Kier molecular flexibility index (Phi) is 11.4. The van der Waals surface area contributed by atoms with Gasteiger partial charge in [0.15, 0.2) is 5.58 Å². The van der Waals surface area contributed by atoms with Gasteiger partial charge in [-0.2, -0.15) is 11.3 Å². The topological polar surface area (TPSA) is 19.6 Å². The first-order chi connectivity index (χ1) is 36.3.